The average molecular weight is 253 g/mol. The minimum Gasteiger partial charge on any atom is -0.381 e. The van der Waals surface area contributed by atoms with Crippen molar-refractivity contribution < 1.29 is 9.47 Å². The molecule has 1 aliphatic rings. The van der Waals surface area contributed by atoms with Gasteiger partial charge in [-0.2, -0.15) is 0 Å². The van der Waals surface area contributed by atoms with Crippen LogP contribution in [0.4, 0.5) is 0 Å². The Balaban J connectivity index is 2.31. The van der Waals surface area contributed by atoms with E-state index in [4.69, 9.17) is 9.47 Å². The largest absolute Gasteiger partial charge is 0.381 e. The zero-order valence-corrected chi connectivity index (χ0v) is 11.5. The maximum atomic E-state index is 5.86. The van der Waals surface area contributed by atoms with Crippen LogP contribution in [0.25, 0.3) is 0 Å². The van der Waals surface area contributed by atoms with Crippen LogP contribution in [0.15, 0.2) is 12.4 Å². The lowest BCUT2D eigenvalue weighted by atomic mass is 9.85. The van der Waals surface area contributed by atoms with Crippen molar-refractivity contribution in [1.82, 2.24) is 14.9 Å². The minimum absolute atomic E-state index is 0.0985. The summed E-state index contributed by atoms with van der Waals surface area (Å²) < 4.78 is 13.5. The van der Waals surface area contributed by atoms with E-state index in [1.807, 2.05) is 19.4 Å². The predicted octanol–water partition coefficient (Wildman–Crippen LogP) is 1.36. The van der Waals surface area contributed by atoms with Crippen LogP contribution in [0.3, 0.4) is 0 Å². The van der Waals surface area contributed by atoms with E-state index < -0.39 is 0 Å². The third-order valence-electron chi connectivity index (χ3n) is 3.91. The number of hydrogen-bond acceptors (Lipinski definition) is 4. The van der Waals surface area contributed by atoms with Gasteiger partial charge in [-0.15, -0.1) is 0 Å². The number of methoxy groups -OCH3 is 1. The van der Waals surface area contributed by atoms with Gasteiger partial charge in [0.2, 0.25) is 0 Å². The second kappa shape index (κ2) is 5.82. The first kappa shape index (κ1) is 13.5. The van der Waals surface area contributed by atoms with Crippen LogP contribution in [0.5, 0.6) is 0 Å². The van der Waals surface area contributed by atoms with Crippen molar-refractivity contribution in [2.24, 2.45) is 0 Å². The summed E-state index contributed by atoms with van der Waals surface area (Å²) >= 11 is 0. The first-order valence-electron chi connectivity index (χ1n) is 6.58. The van der Waals surface area contributed by atoms with E-state index in [2.05, 4.69) is 21.8 Å². The molecule has 1 unspecified atom stereocenters. The van der Waals surface area contributed by atoms with E-state index in [9.17, 15) is 0 Å². The second-order valence-electron chi connectivity index (χ2n) is 4.67. The van der Waals surface area contributed by atoms with E-state index in [1.54, 1.807) is 7.11 Å². The first-order chi connectivity index (χ1) is 8.77. The van der Waals surface area contributed by atoms with Gasteiger partial charge in [-0.05, 0) is 14.0 Å². The summed E-state index contributed by atoms with van der Waals surface area (Å²) in [4.78, 5) is 4.51. The number of imidazole rings is 1. The van der Waals surface area contributed by atoms with Gasteiger partial charge >= 0.3 is 0 Å². The molecule has 0 spiro atoms. The SMILES string of the molecule is CCn1ccnc1C(NC)C1(OC)CCOCC1. The highest BCUT2D eigenvalue weighted by atomic mass is 16.5. The van der Waals surface area contributed by atoms with Crippen LogP contribution >= 0.6 is 0 Å². The number of nitrogens with one attached hydrogen (secondary N) is 1. The molecule has 1 aromatic heterocycles. The number of likely N-dealkylation sites (N-methyl/N-ethyl adjacent to an activating group) is 1. The highest BCUT2D eigenvalue weighted by Gasteiger charge is 2.42. The van der Waals surface area contributed by atoms with E-state index in [0.29, 0.717) is 0 Å². The Labute approximate surface area is 108 Å². The molecular weight excluding hydrogens is 230 g/mol. The maximum absolute atomic E-state index is 5.86. The maximum Gasteiger partial charge on any atom is 0.128 e. The van der Waals surface area contributed by atoms with Crippen LogP contribution in [0.2, 0.25) is 0 Å². The lowest BCUT2D eigenvalue weighted by Gasteiger charge is -2.41. The molecule has 2 rings (SSSR count). The molecule has 102 valence electrons. The summed E-state index contributed by atoms with van der Waals surface area (Å²) in [6.45, 7) is 4.54. The molecule has 0 bridgehead atoms. The fourth-order valence-corrected chi connectivity index (χ4v) is 2.80. The fraction of sp³-hybridized carbons (Fsp3) is 0.769. The van der Waals surface area contributed by atoms with Crippen LogP contribution < -0.4 is 5.32 Å². The first-order valence-corrected chi connectivity index (χ1v) is 6.58. The van der Waals surface area contributed by atoms with Gasteiger partial charge in [0, 0.05) is 52.1 Å². The van der Waals surface area contributed by atoms with Crippen molar-refractivity contribution in [2.75, 3.05) is 27.4 Å². The normalized spacial score (nSPS) is 20.8. The summed E-state index contributed by atoms with van der Waals surface area (Å²) in [5.41, 5.74) is -0.217. The van der Waals surface area contributed by atoms with Crippen LogP contribution in [-0.4, -0.2) is 42.5 Å². The Kier molecular flexibility index (Phi) is 4.37. The topological polar surface area (TPSA) is 48.3 Å². The molecule has 0 aromatic carbocycles. The van der Waals surface area contributed by atoms with Crippen LogP contribution in [-0.2, 0) is 16.0 Å². The number of aryl methyl sites for hydroxylation is 1. The van der Waals surface area contributed by atoms with Gasteiger partial charge in [0.25, 0.3) is 0 Å². The Morgan fingerprint density at radius 3 is 2.83 bits per heavy atom. The summed E-state index contributed by atoms with van der Waals surface area (Å²) in [6.07, 6.45) is 5.66. The Morgan fingerprint density at radius 2 is 2.28 bits per heavy atom. The molecule has 1 atom stereocenters. The third kappa shape index (κ3) is 2.30. The Morgan fingerprint density at radius 1 is 1.56 bits per heavy atom. The summed E-state index contributed by atoms with van der Waals surface area (Å²) in [7, 11) is 3.75. The molecule has 1 N–H and O–H groups in total. The van der Waals surface area contributed by atoms with E-state index in [0.717, 1.165) is 38.4 Å². The molecule has 0 amide bonds. The van der Waals surface area contributed by atoms with E-state index >= 15 is 0 Å². The van der Waals surface area contributed by atoms with Gasteiger partial charge < -0.3 is 19.4 Å². The summed E-state index contributed by atoms with van der Waals surface area (Å²) in [5.74, 6) is 1.05. The zero-order chi connectivity index (χ0) is 13.0. The van der Waals surface area contributed by atoms with Crippen LogP contribution in [0.1, 0.15) is 31.6 Å². The van der Waals surface area contributed by atoms with Crippen molar-refractivity contribution in [1.29, 1.82) is 0 Å². The third-order valence-corrected chi connectivity index (χ3v) is 3.91. The summed E-state index contributed by atoms with van der Waals surface area (Å²) in [5, 5.41) is 3.38. The molecule has 5 heteroatoms. The molecule has 18 heavy (non-hydrogen) atoms. The molecule has 1 aromatic rings. The molecular formula is C13H23N3O2. The number of ether oxygens (including phenoxy) is 2. The van der Waals surface area contributed by atoms with Gasteiger partial charge in [0.15, 0.2) is 0 Å². The standard InChI is InChI=1S/C13H23N3O2/c1-4-16-8-7-15-12(16)11(14-2)13(17-3)5-9-18-10-6-13/h7-8,11,14H,4-6,9-10H2,1-3H3. The number of hydrogen-bond donors (Lipinski definition) is 1. The Hall–Kier alpha value is -0.910. The predicted molar refractivity (Wildman–Crippen MR) is 69.5 cm³/mol. The monoisotopic (exact) mass is 253 g/mol. The highest BCUT2D eigenvalue weighted by Crippen LogP contribution is 2.36. The molecule has 1 fully saturated rings. The minimum atomic E-state index is -0.217. The smallest absolute Gasteiger partial charge is 0.128 e. The van der Waals surface area contributed by atoms with Gasteiger partial charge in [-0.25, -0.2) is 4.98 Å². The van der Waals surface area contributed by atoms with Crippen molar-refractivity contribution in [3.8, 4) is 0 Å². The molecule has 1 saturated heterocycles. The number of nitrogens with zero attached hydrogens (tertiary/aromatic N) is 2. The molecule has 0 aliphatic carbocycles. The van der Waals surface area contributed by atoms with Crippen molar-refractivity contribution in [3.63, 3.8) is 0 Å². The van der Waals surface area contributed by atoms with Gasteiger partial charge in [0.1, 0.15) is 5.82 Å². The van der Waals surface area contributed by atoms with Crippen molar-refractivity contribution in [2.45, 2.75) is 38.0 Å². The Bertz CT molecular complexity index is 372. The highest BCUT2D eigenvalue weighted by molar-refractivity contribution is 5.08. The zero-order valence-electron chi connectivity index (χ0n) is 11.5. The second-order valence-corrected chi connectivity index (χ2v) is 4.67. The lowest BCUT2D eigenvalue weighted by Crippen LogP contribution is -2.49. The van der Waals surface area contributed by atoms with E-state index in [-0.39, 0.29) is 11.6 Å². The van der Waals surface area contributed by atoms with Gasteiger partial charge in [-0.1, -0.05) is 0 Å². The molecule has 2 heterocycles. The van der Waals surface area contributed by atoms with Gasteiger partial charge in [0.05, 0.1) is 11.6 Å². The summed E-state index contributed by atoms with van der Waals surface area (Å²) in [6, 6.07) is 0.0985. The van der Waals surface area contributed by atoms with Crippen LogP contribution in [0, 0.1) is 0 Å². The molecule has 1 aliphatic heterocycles. The van der Waals surface area contributed by atoms with E-state index in [1.165, 1.54) is 0 Å². The fourth-order valence-electron chi connectivity index (χ4n) is 2.80. The average Bonchev–Trinajstić information content (AvgIpc) is 2.89. The molecule has 5 nitrogen and oxygen atoms in total. The quantitative estimate of drug-likeness (QED) is 0.861. The lowest BCUT2D eigenvalue weighted by molar-refractivity contribution is -0.112. The van der Waals surface area contributed by atoms with Crippen molar-refractivity contribution in [3.05, 3.63) is 18.2 Å². The van der Waals surface area contributed by atoms with Gasteiger partial charge in [-0.3, -0.25) is 0 Å². The van der Waals surface area contributed by atoms with Crippen molar-refractivity contribution >= 4 is 0 Å². The number of rotatable bonds is 5. The molecule has 0 saturated carbocycles. The number of aromatic nitrogens is 2. The molecule has 0 radical (unpaired) electrons.